The van der Waals surface area contributed by atoms with Gasteiger partial charge in [-0.25, -0.2) is 0 Å². The van der Waals surface area contributed by atoms with Gasteiger partial charge in [0.25, 0.3) is 0 Å². The maximum atomic E-state index is 11.9. The first-order valence-electron chi connectivity index (χ1n) is 19.1. The minimum atomic E-state index is -0.277. The van der Waals surface area contributed by atoms with Crippen molar-refractivity contribution >= 4 is 17.7 Å². The van der Waals surface area contributed by atoms with Gasteiger partial charge in [0.2, 0.25) is 5.91 Å². The Morgan fingerprint density at radius 1 is 0.526 bits per heavy atom. The quantitative estimate of drug-likeness (QED) is 0.0458. The van der Waals surface area contributed by atoms with Gasteiger partial charge in [0.1, 0.15) is 23.0 Å². The van der Waals surface area contributed by atoms with Crippen LogP contribution in [0.2, 0.25) is 0 Å². The number of unbranched alkanes of at least 4 members (excludes halogenated alkanes) is 1. The minimum Gasteiger partial charge on any atom is -0.508 e. The van der Waals surface area contributed by atoms with Crippen LogP contribution in [0.4, 0.5) is 0 Å². The second-order valence-electron chi connectivity index (χ2n) is 12.5. The number of Topliss-reactive ketones (excluding diaryl/α,β-unsaturated/α-hetero) is 1. The van der Waals surface area contributed by atoms with E-state index in [1.807, 2.05) is 0 Å². The maximum Gasteiger partial charge on any atom is 0.309 e. The Bertz CT molecular complexity index is 1340. The number of nitrogens with one attached hydrogen (secondary N) is 1. The lowest BCUT2D eigenvalue weighted by Crippen LogP contribution is -2.26. The minimum absolute atomic E-state index is 0. The monoisotopic (exact) mass is 801 g/mol. The van der Waals surface area contributed by atoms with Crippen molar-refractivity contribution in [3.8, 4) is 17.2 Å². The molecule has 0 aliphatic rings. The third-order valence-electron chi connectivity index (χ3n) is 7.66. The van der Waals surface area contributed by atoms with E-state index in [0.717, 1.165) is 62.0 Å². The van der Waals surface area contributed by atoms with E-state index in [4.69, 9.17) is 35.5 Å². The molecule has 3 rings (SSSR count). The first-order valence-corrected chi connectivity index (χ1v) is 19.1. The number of phenolic OH excluding ortho intramolecular Hbond substituents is 3. The predicted octanol–water partition coefficient (Wildman–Crippen LogP) is 4.62. The summed E-state index contributed by atoms with van der Waals surface area (Å²) < 4.78 is 25.9. The van der Waals surface area contributed by atoms with Gasteiger partial charge in [0.05, 0.1) is 46.4 Å². The van der Waals surface area contributed by atoms with E-state index in [9.17, 15) is 24.6 Å². The molecule has 0 saturated carbocycles. The number of nitrogens with two attached hydrogens (primary N) is 2. The highest BCUT2D eigenvalue weighted by Gasteiger charge is 2.05. The number of ketones is 1. The Labute approximate surface area is 338 Å². The number of ether oxygens (including phenoxy) is 5. The molecule has 0 aliphatic heterocycles. The van der Waals surface area contributed by atoms with Crippen molar-refractivity contribution < 1.29 is 53.4 Å². The number of carbonyl (C=O) groups is 3. The van der Waals surface area contributed by atoms with E-state index >= 15 is 0 Å². The molecule has 14 heteroatoms. The lowest BCUT2D eigenvalue weighted by atomic mass is 10.0. The molecule has 3 aromatic rings. The molecule has 320 valence electrons. The molecule has 0 saturated heterocycles. The molecule has 0 spiro atoms. The molecule has 3 aromatic carbocycles. The Morgan fingerprint density at radius 2 is 0.912 bits per heavy atom. The van der Waals surface area contributed by atoms with Crippen molar-refractivity contribution in [3.05, 3.63) is 89.5 Å². The largest absolute Gasteiger partial charge is 0.508 e. The lowest BCUT2D eigenvalue weighted by Gasteiger charge is -2.07. The third-order valence-corrected chi connectivity index (χ3v) is 7.66. The molecule has 0 radical (unpaired) electrons. The van der Waals surface area contributed by atoms with Crippen molar-refractivity contribution in [1.29, 1.82) is 0 Å². The van der Waals surface area contributed by atoms with E-state index in [2.05, 4.69) is 10.1 Å². The van der Waals surface area contributed by atoms with Crippen LogP contribution in [0, 0.1) is 0 Å². The molecular formula is C43H67N3O11. The molecule has 0 aliphatic carbocycles. The molecule has 0 fully saturated rings. The molecule has 1 amide bonds. The molecule has 0 unspecified atom stereocenters. The topological polar surface area (TPSA) is 222 Å². The van der Waals surface area contributed by atoms with Crippen LogP contribution in [0.3, 0.4) is 0 Å². The van der Waals surface area contributed by atoms with Crippen LogP contribution < -0.4 is 16.8 Å². The van der Waals surface area contributed by atoms with Crippen molar-refractivity contribution in [2.45, 2.75) is 65.2 Å². The number of benzene rings is 3. The SMILES string of the molecule is C.COC(=O)Cc1ccc(O)cc1.NCCCOCCOCCCN.O=C(CCCCOCCOCCCNC(=O)Cc1ccc(O)cc1)Cc1ccc(O)cc1. The van der Waals surface area contributed by atoms with Crippen LogP contribution in [0.25, 0.3) is 0 Å². The van der Waals surface area contributed by atoms with Crippen molar-refractivity contribution in [2.24, 2.45) is 11.5 Å². The zero-order valence-corrected chi connectivity index (χ0v) is 32.8. The summed E-state index contributed by atoms with van der Waals surface area (Å²) in [6.07, 6.45) is 5.64. The third kappa shape index (κ3) is 31.2. The summed E-state index contributed by atoms with van der Waals surface area (Å²) in [6.45, 7) is 6.87. The maximum absolute atomic E-state index is 11.9. The van der Waals surface area contributed by atoms with Crippen molar-refractivity contribution in [2.75, 3.05) is 79.6 Å². The zero-order valence-electron chi connectivity index (χ0n) is 32.8. The van der Waals surface area contributed by atoms with Gasteiger partial charge in [-0.3, -0.25) is 14.4 Å². The van der Waals surface area contributed by atoms with Gasteiger partial charge >= 0.3 is 5.97 Å². The van der Waals surface area contributed by atoms with Gasteiger partial charge in [-0.1, -0.05) is 43.8 Å². The second kappa shape index (κ2) is 35.8. The number of hydrogen-bond acceptors (Lipinski definition) is 13. The summed E-state index contributed by atoms with van der Waals surface area (Å²) in [5.41, 5.74) is 13.2. The number of esters is 1. The number of aromatic hydroxyl groups is 3. The highest BCUT2D eigenvalue weighted by molar-refractivity contribution is 5.80. The molecule has 57 heavy (non-hydrogen) atoms. The fourth-order valence-corrected chi connectivity index (χ4v) is 4.59. The number of methoxy groups -OCH3 is 1. The average molecular weight is 802 g/mol. The summed E-state index contributed by atoms with van der Waals surface area (Å²) in [6, 6.07) is 19.8. The number of rotatable bonds is 27. The number of carbonyl (C=O) groups excluding carboxylic acids is 3. The van der Waals surface area contributed by atoms with Crippen LogP contribution in [0.1, 0.15) is 62.6 Å². The molecule has 8 N–H and O–H groups in total. The zero-order chi connectivity index (χ0) is 41.1. The fraction of sp³-hybridized carbons (Fsp3) is 0.512. The Balaban J connectivity index is 0.00000103. The normalized spacial score (nSPS) is 10.2. The molecule has 0 aromatic heterocycles. The van der Waals surface area contributed by atoms with Crippen molar-refractivity contribution in [3.63, 3.8) is 0 Å². The van der Waals surface area contributed by atoms with Crippen molar-refractivity contribution in [1.82, 2.24) is 5.32 Å². The Kier molecular flexibility index (Phi) is 32.9. The molecule has 0 heterocycles. The number of amides is 1. The lowest BCUT2D eigenvalue weighted by molar-refractivity contribution is -0.139. The predicted molar refractivity (Wildman–Crippen MR) is 221 cm³/mol. The van der Waals surface area contributed by atoms with Crippen LogP contribution in [-0.2, 0) is 57.3 Å². The van der Waals surface area contributed by atoms with E-state index in [1.54, 1.807) is 60.7 Å². The summed E-state index contributed by atoms with van der Waals surface area (Å²) in [4.78, 5) is 34.6. The highest BCUT2D eigenvalue weighted by Crippen LogP contribution is 2.12. The van der Waals surface area contributed by atoms with Gasteiger partial charge in [0, 0.05) is 45.8 Å². The van der Waals surface area contributed by atoms with E-state index in [0.29, 0.717) is 72.1 Å². The fourth-order valence-electron chi connectivity index (χ4n) is 4.59. The molecule has 0 atom stereocenters. The summed E-state index contributed by atoms with van der Waals surface area (Å²) >= 11 is 0. The highest BCUT2D eigenvalue weighted by atomic mass is 16.5. The van der Waals surface area contributed by atoms with E-state index in [-0.39, 0.29) is 55.2 Å². The van der Waals surface area contributed by atoms with Crippen LogP contribution in [0.5, 0.6) is 17.2 Å². The van der Waals surface area contributed by atoms with Gasteiger partial charge in [0.15, 0.2) is 0 Å². The van der Waals surface area contributed by atoms with Gasteiger partial charge < -0.3 is 55.8 Å². The first-order chi connectivity index (χ1) is 27.2. The van der Waals surface area contributed by atoms with Crippen LogP contribution in [-0.4, -0.2) is 113 Å². The van der Waals surface area contributed by atoms with E-state index < -0.39 is 0 Å². The first kappa shape index (κ1) is 52.4. The average Bonchev–Trinajstić information content (AvgIpc) is 3.19. The van der Waals surface area contributed by atoms with Gasteiger partial charge in [-0.15, -0.1) is 0 Å². The smallest absolute Gasteiger partial charge is 0.309 e. The van der Waals surface area contributed by atoms with Crippen LogP contribution in [0.15, 0.2) is 72.8 Å². The van der Waals surface area contributed by atoms with Gasteiger partial charge in [-0.05, 0) is 98.3 Å². The summed E-state index contributed by atoms with van der Waals surface area (Å²) in [5.74, 6) is 0.447. The molecule has 14 nitrogen and oxygen atoms in total. The van der Waals surface area contributed by atoms with E-state index in [1.165, 1.54) is 19.2 Å². The van der Waals surface area contributed by atoms with Gasteiger partial charge in [-0.2, -0.15) is 0 Å². The standard InChI is InChI=1S/C25H33NO6.C9H10O3.C8H20N2O2.CH4/c27-22-9-5-20(6-10-22)18-24(29)4-1-2-14-31-16-17-32-15-3-13-26-25(30)19-21-7-11-23(28)12-8-21;1-12-9(11)6-7-2-4-8(10)5-3-7;9-3-1-5-11-7-8-12-6-2-4-10;/h5-12,27-28H,1-4,13-19H2,(H,26,30);2-5,10H,6H2,1H3;1-10H2;1H4. The second-order valence-corrected chi connectivity index (χ2v) is 12.5. The summed E-state index contributed by atoms with van der Waals surface area (Å²) in [5, 5.41) is 30.3. The molecule has 0 bridgehead atoms. The number of phenols is 3. The number of hydrogen-bond donors (Lipinski definition) is 6. The Morgan fingerprint density at radius 3 is 1.33 bits per heavy atom. The molecular weight excluding hydrogens is 734 g/mol. The Hall–Kier alpha value is -4.57. The summed E-state index contributed by atoms with van der Waals surface area (Å²) in [7, 11) is 1.35. The van der Waals surface area contributed by atoms with Crippen LogP contribution >= 0.6 is 0 Å².